The van der Waals surface area contributed by atoms with Gasteiger partial charge in [-0.3, -0.25) is 4.90 Å². The Morgan fingerprint density at radius 3 is 2.46 bits per heavy atom. The third kappa shape index (κ3) is 3.68. The normalized spacial score (nSPS) is 21.3. The van der Waals surface area contributed by atoms with Crippen molar-refractivity contribution < 1.29 is 0 Å². The van der Waals surface area contributed by atoms with Crippen molar-refractivity contribution in [3.05, 3.63) is 58.1 Å². The predicted molar refractivity (Wildman–Crippen MR) is 112 cm³/mol. The fourth-order valence-electron chi connectivity index (χ4n) is 3.98. The molecule has 0 amide bonds. The topological polar surface area (TPSA) is 6.48 Å². The maximum absolute atomic E-state index is 6.33. The lowest BCUT2D eigenvalue weighted by atomic mass is 9.93. The average molecular weight is 387 g/mol. The van der Waals surface area contributed by atoms with Crippen molar-refractivity contribution in [1.82, 2.24) is 9.80 Å². The fraction of sp³-hybridized carbons (Fsp3) is 0.455. The Morgan fingerprint density at radius 2 is 1.73 bits per heavy atom. The quantitative estimate of drug-likeness (QED) is 0.676. The molecule has 4 rings (SSSR count). The van der Waals surface area contributed by atoms with Crippen LogP contribution in [0.5, 0.6) is 0 Å². The SMILES string of the molecule is CC(C)c1ccc2c(c1)C(N1CCN(C)CC1)Cc1cc(Cl)ccc1S2. The highest BCUT2D eigenvalue weighted by Crippen LogP contribution is 2.44. The summed E-state index contributed by atoms with van der Waals surface area (Å²) < 4.78 is 0. The molecule has 1 atom stereocenters. The summed E-state index contributed by atoms with van der Waals surface area (Å²) in [7, 11) is 2.22. The summed E-state index contributed by atoms with van der Waals surface area (Å²) in [5.74, 6) is 0.554. The molecule has 26 heavy (non-hydrogen) atoms. The van der Waals surface area contributed by atoms with Crippen LogP contribution in [-0.4, -0.2) is 43.0 Å². The van der Waals surface area contributed by atoms with E-state index >= 15 is 0 Å². The number of nitrogens with zero attached hydrogens (tertiary/aromatic N) is 2. The van der Waals surface area contributed by atoms with Gasteiger partial charge in [-0.05, 0) is 60.3 Å². The van der Waals surface area contributed by atoms with Crippen molar-refractivity contribution in [2.24, 2.45) is 0 Å². The van der Waals surface area contributed by atoms with Crippen LogP contribution in [-0.2, 0) is 6.42 Å². The molecular weight excluding hydrogens is 360 g/mol. The molecule has 0 aromatic heterocycles. The van der Waals surface area contributed by atoms with E-state index in [9.17, 15) is 0 Å². The van der Waals surface area contributed by atoms with E-state index in [0.717, 1.165) is 37.6 Å². The van der Waals surface area contributed by atoms with Crippen LogP contribution in [0.25, 0.3) is 0 Å². The van der Waals surface area contributed by atoms with Crippen molar-refractivity contribution >= 4 is 23.4 Å². The smallest absolute Gasteiger partial charge is 0.0409 e. The van der Waals surface area contributed by atoms with Crippen LogP contribution in [0, 0.1) is 0 Å². The highest BCUT2D eigenvalue weighted by molar-refractivity contribution is 7.99. The van der Waals surface area contributed by atoms with Gasteiger partial charge in [0, 0.05) is 47.0 Å². The minimum Gasteiger partial charge on any atom is -0.304 e. The van der Waals surface area contributed by atoms with Crippen molar-refractivity contribution in [3.8, 4) is 0 Å². The molecule has 0 saturated carbocycles. The van der Waals surface area contributed by atoms with Gasteiger partial charge in [0.2, 0.25) is 0 Å². The highest BCUT2D eigenvalue weighted by atomic mass is 35.5. The number of likely N-dealkylation sites (N-methyl/N-ethyl adjacent to an activating group) is 1. The minimum absolute atomic E-state index is 0.435. The monoisotopic (exact) mass is 386 g/mol. The molecule has 2 aromatic carbocycles. The van der Waals surface area contributed by atoms with E-state index in [1.807, 2.05) is 17.8 Å². The van der Waals surface area contributed by atoms with E-state index in [1.54, 1.807) is 0 Å². The summed E-state index contributed by atoms with van der Waals surface area (Å²) in [6.45, 7) is 9.12. The Hall–Kier alpha value is -1.000. The van der Waals surface area contributed by atoms with Crippen molar-refractivity contribution in [1.29, 1.82) is 0 Å². The van der Waals surface area contributed by atoms with Crippen LogP contribution >= 0.6 is 23.4 Å². The molecular formula is C22H27ClN2S. The maximum atomic E-state index is 6.33. The van der Waals surface area contributed by atoms with Crippen molar-refractivity contribution in [3.63, 3.8) is 0 Å². The summed E-state index contributed by atoms with van der Waals surface area (Å²) in [4.78, 5) is 7.86. The van der Waals surface area contributed by atoms with Gasteiger partial charge in [-0.2, -0.15) is 0 Å². The number of benzene rings is 2. The molecule has 0 bridgehead atoms. The van der Waals surface area contributed by atoms with Crippen LogP contribution in [0.4, 0.5) is 0 Å². The lowest BCUT2D eigenvalue weighted by Crippen LogP contribution is -2.46. The molecule has 2 aliphatic rings. The standard InChI is InChI=1S/C22H27ClN2S/c1-15(2)16-4-6-22-19(13-16)20(25-10-8-24(3)9-11-25)14-17-12-18(23)5-7-21(17)26-22/h4-7,12-13,15,20H,8-11,14H2,1-3H3. The first kappa shape index (κ1) is 18.4. The molecule has 2 nitrogen and oxygen atoms in total. The maximum Gasteiger partial charge on any atom is 0.0409 e. The second kappa shape index (κ2) is 7.55. The first-order valence-electron chi connectivity index (χ1n) is 9.54. The lowest BCUT2D eigenvalue weighted by molar-refractivity contribution is 0.110. The number of fused-ring (bicyclic) bond motifs is 2. The second-order valence-electron chi connectivity index (χ2n) is 7.87. The van der Waals surface area contributed by atoms with Gasteiger partial charge < -0.3 is 4.90 Å². The number of hydrogen-bond acceptors (Lipinski definition) is 3. The second-order valence-corrected chi connectivity index (χ2v) is 9.39. The molecule has 1 unspecified atom stereocenters. The Bertz CT molecular complexity index is 797. The van der Waals surface area contributed by atoms with Crippen molar-refractivity contribution in [2.45, 2.75) is 42.0 Å². The summed E-state index contributed by atoms with van der Waals surface area (Å²) in [6.07, 6.45) is 1.04. The van der Waals surface area contributed by atoms with Gasteiger partial charge in [-0.15, -0.1) is 0 Å². The molecule has 0 radical (unpaired) electrons. The summed E-state index contributed by atoms with van der Waals surface area (Å²) in [5.41, 5.74) is 4.32. The first-order valence-corrected chi connectivity index (χ1v) is 10.7. The van der Waals surface area contributed by atoms with E-state index in [2.05, 4.69) is 61.0 Å². The van der Waals surface area contributed by atoms with E-state index in [1.165, 1.54) is 26.5 Å². The molecule has 0 N–H and O–H groups in total. The molecule has 2 aromatic rings. The molecule has 1 fully saturated rings. The van der Waals surface area contributed by atoms with Crippen LogP contribution in [0.15, 0.2) is 46.2 Å². The van der Waals surface area contributed by atoms with Gasteiger partial charge in [0.1, 0.15) is 0 Å². The first-order chi connectivity index (χ1) is 12.5. The van der Waals surface area contributed by atoms with Crippen molar-refractivity contribution in [2.75, 3.05) is 33.2 Å². The molecule has 2 aliphatic heterocycles. The minimum atomic E-state index is 0.435. The van der Waals surface area contributed by atoms with Gasteiger partial charge in [0.05, 0.1) is 0 Å². The Balaban J connectivity index is 1.78. The third-order valence-electron chi connectivity index (χ3n) is 5.69. The van der Waals surface area contributed by atoms with E-state index in [0.29, 0.717) is 12.0 Å². The molecule has 0 spiro atoms. The van der Waals surface area contributed by atoms with Gasteiger partial charge in [-0.1, -0.05) is 49.3 Å². The Morgan fingerprint density at radius 1 is 1.00 bits per heavy atom. The summed E-state index contributed by atoms with van der Waals surface area (Å²) in [5, 5.41) is 0.843. The molecule has 2 heterocycles. The fourth-order valence-corrected chi connectivity index (χ4v) is 5.27. The van der Waals surface area contributed by atoms with Gasteiger partial charge in [0.25, 0.3) is 0 Å². The van der Waals surface area contributed by atoms with Gasteiger partial charge >= 0.3 is 0 Å². The molecule has 4 heteroatoms. The van der Waals surface area contributed by atoms with Gasteiger partial charge in [0.15, 0.2) is 0 Å². The van der Waals surface area contributed by atoms with Gasteiger partial charge in [-0.25, -0.2) is 0 Å². The van der Waals surface area contributed by atoms with Crippen LogP contribution in [0.1, 0.15) is 42.5 Å². The zero-order valence-electron chi connectivity index (χ0n) is 15.8. The average Bonchev–Trinajstić information content (AvgIpc) is 2.78. The predicted octanol–water partition coefficient (Wildman–Crippen LogP) is 5.46. The Kier molecular flexibility index (Phi) is 5.34. The largest absolute Gasteiger partial charge is 0.304 e. The number of halogens is 1. The lowest BCUT2D eigenvalue weighted by Gasteiger charge is -2.38. The van der Waals surface area contributed by atoms with E-state index in [-0.39, 0.29) is 0 Å². The zero-order chi connectivity index (χ0) is 18.3. The third-order valence-corrected chi connectivity index (χ3v) is 7.14. The number of hydrogen-bond donors (Lipinski definition) is 0. The summed E-state index contributed by atoms with van der Waals surface area (Å²) >= 11 is 8.24. The summed E-state index contributed by atoms with van der Waals surface area (Å²) in [6, 6.07) is 13.9. The molecule has 0 aliphatic carbocycles. The highest BCUT2D eigenvalue weighted by Gasteiger charge is 2.29. The number of rotatable bonds is 2. The molecule has 138 valence electrons. The van der Waals surface area contributed by atoms with Crippen LogP contribution < -0.4 is 0 Å². The van der Waals surface area contributed by atoms with E-state index < -0.39 is 0 Å². The van der Waals surface area contributed by atoms with Crippen LogP contribution in [0.2, 0.25) is 5.02 Å². The molecule has 1 saturated heterocycles. The Labute approximate surface area is 166 Å². The van der Waals surface area contributed by atoms with Crippen LogP contribution in [0.3, 0.4) is 0 Å². The number of piperazine rings is 1. The zero-order valence-corrected chi connectivity index (χ0v) is 17.4. The van der Waals surface area contributed by atoms with E-state index in [4.69, 9.17) is 11.6 Å².